The Morgan fingerprint density at radius 3 is 2.52 bits per heavy atom. The van der Waals surface area contributed by atoms with Gasteiger partial charge < -0.3 is 4.90 Å². The molecule has 1 heterocycles. The second kappa shape index (κ2) is 7.04. The number of ketones is 1. The van der Waals surface area contributed by atoms with Crippen LogP contribution in [0.15, 0.2) is 54.0 Å². The van der Waals surface area contributed by atoms with Gasteiger partial charge in [-0.15, -0.1) is 0 Å². The van der Waals surface area contributed by atoms with Gasteiger partial charge in [-0.3, -0.25) is 4.79 Å². The van der Waals surface area contributed by atoms with Crippen LogP contribution in [0.5, 0.6) is 0 Å². The summed E-state index contributed by atoms with van der Waals surface area (Å²) in [7, 11) is 3.77. The number of thioether (sulfide) groups is 1. The molecule has 0 unspecified atom stereocenters. The van der Waals surface area contributed by atoms with Gasteiger partial charge in [-0.1, -0.05) is 42.1 Å². The summed E-state index contributed by atoms with van der Waals surface area (Å²) in [5.41, 5.74) is 1.84. The molecule has 108 valence electrons. The van der Waals surface area contributed by atoms with Crippen LogP contribution in [-0.2, 0) is 0 Å². The highest BCUT2D eigenvalue weighted by Crippen LogP contribution is 2.20. The summed E-state index contributed by atoms with van der Waals surface area (Å²) in [5.74, 6) is -0.0462. The minimum absolute atomic E-state index is 0.0462. The van der Waals surface area contributed by atoms with Gasteiger partial charge >= 0.3 is 0 Å². The molecular weight excluding hydrogens is 282 g/mol. The Balaban J connectivity index is 2.46. The SMILES string of the molecule is CSc1nccc(/C(=C\N(C)C)C(=O)c2ccccc2)n1. The zero-order valence-electron chi connectivity index (χ0n) is 12.3. The highest BCUT2D eigenvalue weighted by molar-refractivity contribution is 7.98. The fourth-order valence-electron chi connectivity index (χ4n) is 1.83. The molecule has 1 aromatic heterocycles. The third kappa shape index (κ3) is 3.92. The molecule has 0 radical (unpaired) electrons. The number of allylic oxidation sites excluding steroid dienone is 1. The quantitative estimate of drug-likeness (QED) is 0.367. The number of hydrogen-bond acceptors (Lipinski definition) is 5. The van der Waals surface area contributed by atoms with E-state index in [2.05, 4.69) is 9.97 Å². The smallest absolute Gasteiger partial charge is 0.196 e. The van der Waals surface area contributed by atoms with Crippen molar-refractivity contribution in [2.75, 3.05) is 20.4 Å². The van der Waals surface area contributed by atoms with Gasteiger partial charge in [0.25, 0.3) is 0 Å². The van der Waals surface area contributed by atoms with Crippen molar-refractivity contribution in [1.29, 1.82) is 0 Å². The number of carbonyl (C=O) groups excluding carboxylic acids is 1. The largest absolute Gasteiger partial charge is 0.383 e. The minimum Gasteiger partial charge on any atom is -0.383 e. The summed E-state index contributed by atoms with van der Waals surface area (Å²) in [6.45, 7) is 0. The van der Waals surface area contributed by atoms with Crippen LogP contribution in [0.25, 0.3) is 5.57 Å². The standard InChI is InChI=1S/C16H17N3OS/c1-19(2)11-13(14-9-10-17-16(18-14)21-3)15(20)12-7-5-4-6-8-12/h4-11H,1-3H3/b13-11+. The number of aromatic nitrogens is 2. The average molecular weight is 299 g/mol. The normalized spacial score (nSPS) is 11.3. The summed E-state index contributed by atoms with van der Waals surface area (Å²) in [6, 6.07) is 11.0. The molecule has 21 heavy (non-hydrogen) atoms. The maximum absolute atomic E-state index is 12.7. The Kier molecular flexibility index (Phi) is 5.11. The van der Waals surface area contributed by atoms with Gasteiger partial charge in [-0.05, 0) is 12.3 Å². The van der Waals surface area contributed by atoms with Crippen molar-refractivity contribution in [2.45, 2.75) is 5.16 Å². The molecule has 0 N–H and O–H groups in total. The molecule has 0 atom stereocenters. The Labute approximate surface area is 128 Å². The topological polar surface area (TPSA) is 46.1 Å². The van der Waals surface area contributed by atoms with E-state index >= 15 is 0 Å². The molecule has 1 aromatic carbocycles. The van der Waals surface area contributed by atoms with Crippen molar-refractivity contribution in [1.82, 2.24) is 14.9 Å². The van der Waals surface area contributed by atoms with Crippen molar-refractivity contribution in [3.63, 3.8) is 0 Å². The number of Topliss-reactive ketones (excluding diaryl/α,β-unsaturated/α-hetero) is 1. The molecule has 0 bridgehead atoms. The first-order valence-corrected chi connectivity index (χ1v) is 7.69. The fourth-order valence-corrected chi connectivity index (χ4v) is 2.19. The van der Waals surface area contributed by atoms with Crippen molar-refractivity contribution in [2.24, 2.45) is 0 Å². The van der Waals surface area contributed by atoms with Crippen LogP contribution in [-0.4, -0.2) is 41.0 Å². The molecular formula is C16H17N3OS. The van der Waals surface area contributed by atoms with Crippen molar-refractivity contribution in [3.05, 3.63) is 60.1 Å². The second-order valence-corrected chi connectivity index (χ2v) is 5.40. The highest BCUT2D eigenvalue weighted by Gasteiger charge is 2.16. The third-order valence-electron chi connectivity index (χ3n) is 2.76. The molecule has 0 fully saturated rings. The van der Waals surface area contributed by atoms with Crippen LogP contribution in [0, 0.1) is 0 Å². The van der Waals surface area contributed by atoms with Crippen LogP contribution in [0.1, 0.15) is 16.1 Å². The minimum atomic E-state index is -0.0462. The van der Waals surface area contributed by atoms with Gasteiger partial charge in [-0.25, -0.2) is 9.97 Å². The first kappa shape index (κ1) is 15.3. The van der Waals surface area contributed by atoms with Crippen molar-refractivity contribution < 1.29 is 4.79 Å². The van der Waals surface area contributed by atoms with E-state index < -0.39 is 0 Å². The lowest BCUT2D eigenvalue weighted by Gasteiger charge is -2.11. The Morgan fingerprint density at radius 2 is 1.90 bits per heavy atom. The molecule has 0 amide bonds. The lowest BCUT2D eigenvalue weighted by molar-refractivity contribution is 0.105. The summed E-state index contributed by atoms with van der Waals surface area (Å²) in [6.07, 6.45) is 5.38. The Bertz CT molecular complexity index is 654. The summed E-state index contributed by atoms with van der Waals surface area (Å²) in [4.78, 5) is 23.1. The summed E-state index contributed by atoms with van der Waals surface area (Å²) in [5, 5.41) is 0.651. The molecule has 0 aliphatic carbocycles. The van der Waals surface area contributed by atoms with E-state index in [4.69, 9.17) is 0 Å². The maximum atomic E-state index is 12.7. The number of benzene rings is 1. The van der Waals surface area contributed by atoms with Gasteiger partial charge in [0.05, 0.1) is 11.3 Å². The van der Waals surface area contributed by atoms with E-state index in [1.54, 1.807) is 18.5 Å². The van der Waals surface area contributed by atoms with E-state index in [0.717, 1.165) is 0 Å². The zero-order chi connectivity index (χ0) is 15.2. The summed E-state index contributed by atoms with van der Waals surface area (Å²) >= 11 is 1.45. The summed E-state index contributed by atoms with van der Waals surface area (Å²) < 4.78 is 0. The Morgan fingerprint density at radius 1 is 1.19 bits per heavy atom. The molecule has 4 nitrogen and oxygen atoms in total. The molecule has 0 saturated heterocycles. The molecule has 0 aliphatic rings. The van der Waals surface area contributed by atoms with Gasteiger partial charge in [0.1, 0.15) is 0 Å². The van der Waals surface area contributed by atoms with Crippen LogP contribution in [0.4, 0.5) is 0 Å². The molecule has 2 rings (SSSR count). The molecule has 0 spiro atoms. The van der Waals surface area contributed by atoms with E-state index in [9.17, 15) is 4.79 Å². The zero-order valence-corrected chi connectivity index (χ0v) is 13.1. The molecule has 2 aromatic rings. The monoisotopic (exact) mass is 299 g/mol. The van der Waals surface area contributed by atoms with Crippen LogP contribution >= 0.6 is 11.8 Å². The lowest BCUT2D eigenvalue weighted by Crippen LogP contribution is -2.10. The van der Waals surface area contributed by atoms with Gasteiger partial charge in [-0.2, -0.15) is 0 Å². The van der Waals surface area contributed by atoms with Crippen LogP contribution in [0.3, 0.4) is 0 Å². The maximum Gasteiger partial charge on any atom is 0.196 e. The van der Waals surface area contributed by atoms with Crippen LogP contribution < -0.4 is 0 Å². The molecule has 5 heteroatoms. The lowest BCUT2D eigenvalue weighted by atomic mass is 10.0. The van der Waals surface area contributed by atoms with Gasteiger partial charge in [0, 0.05) is 32.1 Å². The van der Waals surface area contributed by atoms with E-state index in [1.165, 1.54) is 11.8 Å². The number of nitrogens with zero attached hydrogens (tertiary/aromatic N) is 3. The molecule has 0 saturated carbocycles. The number of carbonyl (C=O) groups is 1. The average Bonchev–Trinajstić information content (AvgIpc) is 2.52. The third-order valence-corrected chi connectivity index (χ3v) is 3.32. The van der Waals surface area contributed by atoms with E-state index in [0.29, 0.717) is 22.0 Å². The highest BCUT2D eigenvalue weighted by atomic mass is 32.2. The first-order valence-electron chi connectivity index (χ1n) is 6.47. The number of hydrogen-bond donors (Lipinski definition) is 0. The van der Waals surface area contributed by atoms with Crippen molar-refractivity contribution in [3.8, 4) is 0 Å². The Hall–Kier alpha value is -2.14. The first-order chi connectivity index (χ1) is 10.1. The van der Waals surface area contributed by atoms with Gasteiger partial charge in [0.2, 0.25) is 0 Å². The van der Waals surface area contributed by atoms with E-state index in [-0.39, 0.29) is 5.78 Å². The fraction of sp³-hybridized carbons (Fsp3) is 0.188. The van der Waals surface area contributed by atoms with E-state index in [1.807, 2.05) is 55.6 Å². The second-order valence-electron chi connectivity index (χ2n) is 4.63. The van der Waals surface area contributed by atoms with Crippen molar-refractivity contribution >= 4 is 23.1 Å². The number of rotatable bonds is 5. The predicted molar refractivity (Wildman–Crippen MR) is 86.2 cm³/mol. The predicted octanol–water partition coefficient (Wildman–Crippen LogP) is 2.98. The van der Waals surface area contributed by atoms with Gasteiger partial charge in [0.15, 0.2) is 10.9 Å². The molecule has 0 aliphatic heterocycles. The van der Waals surface area contributed by atoms with Crippen LogP contribution in [0.2, 0.25) is 0 Å².